The van der Waals surface area contributed by atoms with Crippen molar-refractivity contribution >= 4 is 11.3 Å². The summed E-state index contributed by atoms with van der Waals surface area (Å²) in [5.74, 6) is 0. The van der Waals surface area contributed by atoms with Gasteiger partial charge in [0.05, 0.1) is 12.1 Å². The first-order chi connectivity index (χ1) is 6.86. The summed E-state index contributed by atoms with van der Waals surface area (Å²) in [4.78, 5) is 1.30. The van der Waals surface area contributed by atoms with E-state index in [2.05, 4.69) is 39.1 Å². The van der Waals surface area contributed by atoms with E-state index in [0.717, 1.165) is 0 Å². The third kappa shape index (κ3) is 3.03. The lowest BCUT2D eigenvalue weighted by Gasteiger charge is -2.33. The van der Waals surface area contributed by atoms with Crippen molar-refractivity contribution in [3.05, 3.63) is 21.9 Å². The van der Waals surface area contributed by atoms with Crippen LogP contribution in [0.15, 0.2) is 11.4 Å². The number of rotatable bonds is 3. The highest BCUT2D eigenvalue weighted by molar-refractivity contribution is 7.10. The second-order valence-electron chi connectivity index (χ2n) is 5.04. The molecule has 1 rings (SSSR count). The van der Waals surface area contributed by atoms with E-state index in [4.69, 9.17) is 10.5 Å². The van der Waals surface area contributed by atoms with Gasteiger partial charge >= 0.3 is 0 Å². The summed E-state index contributed by atoms with van der Waals surface area (Å²) in [5, 5.41) is 2.12. The zero-order valence-corrected chi connectivity index (χ0v) is 11.0. The van der Waals surface area contributed by atoms with E-state index < -0.39 is 0 Å². The van der Waals surface area contributed by atoms with Gasteiger partial charge in [-0.05, 0) is 29.3 Å². The molecular weight excluding hydrogens is 206 g/mol. The van der Waals surface area contributed by atoms with Gasteiger partial charge in [0.2, 0.25) is 0 Å². The number of hydrogen-bond donors (Lipinski definition) is 1. The number of hydrogen-bond acceptors (Lipinski definition) is 3. The van der Waals surface area contributed by atoms with Crippen LogP contribution in [0.4, 0.5) is 0 Å². The Bertz CT molecular complexity index is 314. The average molecular weight is 227 g/mol. The molecule has 2 N–H and O–H groups in total. The molecule has 1 heterocycles. The fourth-order valence-corrected chi connectivity index (χ4v) is 2.60. The van der Waals surface area contributed by atoms with Crippen LogP contribution in [0.3, 0.4) is 0 Å². The van der Waals surface area contributed by atoms with E-state index in [-0.39, 0.29) is 17.6 Å². The van der Waals surface area contributed by atoms with Crippen molar-refractivity contribution in [3.8, 4) is 0 Å². The van der Waals surface area contributed by atoms with Gasteiger partial charge in [-0.2, -0.15) is 0 Å². The van der Waals surface area contributed by atoms with E-state index in [1.54, 1.807) is 18.4 Å². The average Bonchev–Trinajstić information content (AvgIpc) is 2.50. The van der Waals surface area contributed by atoms with Gasteiger partial charge in [0.15, 0.2) is 0 Å². The molecule has 0 aliphatic rings. The van der Waals surface area contributed by atoms with Gasteiger partial charge in [-0.25, -0.2) is 0 Å². The second-order valence-corrected chi connectivity index (χ2v) is 6.15. The van der Waals surface area contributed by atoms with Crippen LogP contribution in [-0.4, -0.2) is 13.2 Å². The molecule has 1 aromatic rings. The molecule has 0 aliphatic heterocycles. The normalized spacial score (nSPS) is 16.4. The molecule has 2 unspecified atom stereocenters. The molecule has 86 valence electrons. The molecule has 1 aromatic heterocycles. The molecule has 2 nitrogen and oxygen atoms in total. The van der Waals surface area contributed by atoms with E-state index >= 15 is 0 Å². The van der Waals surface area contributed by atoms with Crippen molar-refractivity contribution in [2.24, 2.45) is 11.1 Å². The fraction of sp³-hybridized carbons (Fsp3) is 0.667. The molecule has 0 fully saturated rings. The second kappa shape index (κ2) is 4.64. The number of thiophene rings is 1. The van der Waals surface area contributed by atoms with Crippen LogP contribution in [0.2, 0.25) is 0 Å². The maximum atomic E-state index is 6.23. The molecule has 15 heavy (non-hydrogen) atoms. The van der Waals surface area contributed by atoms with Crippen molar-refractivity contribution in [1.29, 1.82) is 0 Å². The van der Waals surface area contributed by atoms with Crippen LogP contribution in [0, 0.1) is 12.3 Å². The molecule has 0 saturated heterocycles. The van der Waals surface area contributed by atoms with Gasteiger partial charge in [0, 0.05) is 12.0 Å². The highest BCUT2D eigenvalue weighted by atomic mass is 32.1. The number of aryl methyl sites for hydroxylation is 1. The zero-order chi connectivity index (χ0) is 11.6. The third-order valence-electron chi connectivity index (χ3n) is 2.57. The van der Waals surface area contributed by atoms with Gasteiger partial charge < -0.3 is 10.5 Å². The molecule has 0 radical (unpaired) electrons. The largest absolute Gasteiger partial charge is 0.379 e. The third-order valence-corrected chi connectivity index (χ3v) is 3.45. The molecule has 0 spiro atoms. The Morgan fingerprint density at radius 2 is 2.00 bits per heavy atom. The van der Waals surface area contributed by atoms with Crippen molar-refractivity contribution in [1.82, 2.24) is 0 Å². The highest BCUT2D eigenvalue weighted by Crippen LogP contribution is 2.32. The molecule has 0 amide bonds. The minimum absolute atomic E-state index is 0.0417. The van der Waals surface area contributed by atoms with Crippen LogP contribution in [-0.2, 0) is 4.74 Å². The first kappa shape index (κ1) is 12.7. The predicted octanol–water partition coefficient (Wildman–Crippen LogP) is 3.12. The Morgan fingerprint density at radius 3 is 2.33 bits per heavy atom. The molecule has 0 saturated carbocycles. The van der Waals surface area contributed by atoms with Gasteiger partial charge in [-0.1, -0.05) is 20.8 Å². The Balaban J connectivity index is 2.87. The van der Waals surface area contributed by atoms with Crippen LogP contribution in [0.25, 0.3) is 0 Å². The van der Waals surface area contributed by atoms with Crippen LogP contribution in [0.5, 0.6) is 0 Å². The molecule has 3 heteroatoms. The van der Waals surface area contributed by atoms with Crippen LogP contribution in [0.1, 0.15) is 37.3 Å². The standard InChI is InChI=1S/C12H21NOS/c1-8-6-9(7-15-8)10(13)11(14-5)12(2,3)4/h6-7,10-11H,13H2,1-5H3. The van der Waals surface area contributed by atoms with Crippen molar-refractivity contribution in [2.45, 2.75) is 39.8 Å². The van der Waals surface area contributed by atoms with Gasteiger partial charge in [0.25, 0.3) is 0 Å². The first-order valence-corrected chi connectivity index (χ1v) is 6.07. The summed E-state index contributed by atoms with van der Waals surface area (Å²) in [6.45, 7) is 8.56. The van der Waals surface area contributed by atoms with E-state index in [1.807, 2.05) is 0 Å². The number of ether oxygens (including phenoxy) is 1. The van der Waals surface area contributed by atoms with Crippen LogP contribution < -0.4 is 5.73 Å². The lowest BCUT2D eigenvalue weighted by Crippen LogP contribution is -2.38. The molecule has 0 aliphatic carbocycles. The summed E-state index contributed by atoms with van der Waals surface area (Å²) >= 11 is 1.74. The Labute approximate surface area is 96.4 Å². The lowest BCUT2D eigenvalue weighted by molar-refractivity contribution is -0.00235. The zero-order valence-electron chi connectivity index (χ0n) is 10.2. The summed E-state index contributed by atoms with van der Waals surface area (Å²) in [6.07, 6.45) is 0.0477. The summed E-state index contributed by atoms with van der Waals surface area (Å²) < 4.78 is 5.52. The SMILES string of the molecule is COC(C(N)c1csc(C)c1)C(C)(C)C. The first-order valence-electron chi connectivity index (χ1n) is 5.19. The minimum Gasteiger partial charge on any atom is -0.379 e. The van der Waals surface area contributed by atoms with Gasteiger partial charge in [0.1, 0.15) is 0 Å². The smallest absolute Gasteiger partial charge is 0.0812 e. The lowest BCUT2D eigenvalue weighted by atomic mass is 9.83. The molecular formula is C12H21NOS. The molecule has 0 aromatic carbocycles. The van der Waals surface area contributed by atoms with Crippen molar-refractivity contribution < 1.29 is 4.74 Å². The monoisotopic (exact) mass is 227 g/mol. The van der Waals surface area contributed by atoms with E-state index in [1.165, 1.54) is 10.4 Å². The molecule has 0 bridgehead atoms. The minimum atomic E-state index is -0.0417. The quantitative estimate of drug-likeness (QED) is 0.861. The topological polar surface area (TPSA) is 35.2 Å². The van der Waals surface area contributed by atoms with E-state index in [0.29, 0.717) is 0 Å². The fourth-order valence-electron chi connectivity index (χ4n) is 1.85. The number of nitrogens with two attached hydrogens (primary N) is 1. The van der Waals surface area contributed by atoms with Crippen molar-refractivity contribution in [3.63, 3.8) is 0 Å². The predicted molar refractivity (Wildman–Crippen MR) is 66.2 cm³/mol. The highest BCUT2D eigenvalue weighted by Gasteiger charge is 2.31. The Kier molecular flexibility index (Phi) is 3.93. The summed E-state index contributed by atoms with van der Waals surface area (Å²) in [7, 11) is 1.73. The number of methoxy groups -OCH3 is 1. The maximum absolute atomic E-state index is 6.23. The Morgan fingerprint density at radius 1 is 1.40 bits per heavy atom. The molecule has 2 atom stereocenters. The van der Waals surface area contributed by atoms with Crippen molar-refractivity contribution in [2.75, 3.05) is 7.11 Å². The van der Waals surface area contributed by atoms with Gasteiger partial charge in [-0.3, -0.25) is 0 Å². The summed E-state index contributed by atoms with van der Waals surface area (Å²) in [6, 6.07) is 2.10. The maximum Gasteiger partial charge on any atom is 0.0812 e. The van der Waals surface area contributed by atoms with E-state index in [9.17, 15) is 0 Å². The summed E-state index contributed by atoms with van der Waals surface area (Å²) in [5.41, 5.74) is 7.47. The van der Waals surface area contributed by atoms with Crippen LogP contribution >= 0.6 is 11.3 Å². The van der Waals surface area contributed by atoms with Gasteiger partial charge in [-0.15, -0.1) is 11.3 Å². The Hall–Kier alpha value is -0.380.